The largest absolute Gasteiger partial charge is 0.491 e. The number of nitrogens with zero attached hydrogens (tertiary/aromatic N) is 6. The minimum Gasteiger partial charge on any atom is -0.491 e. The van der Waals surface area contributed by atoms with Crippen molar-refractivity contribution in [2.75, 3.05) is 133 Å². The van der Waals surface area contributed by atoms with E-state index >= 15 is 0 Å². The number of morpholine rings is 2. The summed E-state index contributed by atoms with van der Waals surface area (Å²) in [5.41, 5.74) is 3.45. The molecule has 0 saturated carbocycles. The third-order valence-corrected chi connectivity index (χ3v) is 11.8. The normalized spacial score (nSPS) is 20.5. The van der Waals surface area contributed by atoms with Gasteiger partial charge in [-0.05, 0) is 69.8 Å². The number of likely N-dealkylation sites (N-methyl/N-ethyl adjacent to an activating group) is 2. The molecule has 4 atom stereocenters. The second kappa shape index (κ2) is 22.3. The summed E-state index contributed by atoms with van der Waals surface area (Å²) in [5, 5.41) is 34.2. The van der Waals surface area contributed by atoms with Crippen LogP contribution in [-0.4, -0.2) is 167 Å². The molecule has 0 bridgehead atoms. The molecule has 0 radical (unpaired) electrons. The minimum atomic E-state index is -0.695. The SMILES string of the molecule is CNCC(O)COc1cccc(-c2nc(N[C@@H]3COC(c4cc(OCC(O)CNC)cc(-c5nc(NC6CCOCC6)cc(N6CCOCC6)n5)c4)C3)c(C)c(N3CCOCC3)n2)c1. The average Bonchev–Trinajstić information content (AvgIpc) is 3.80. The Bertz CT molecular complexity index is 2120. The van der Waals surface area contributed by atoms with Crippen LogP contribution in [0.5, 0.6) is 11.5 Å². The van der Waals surface area contributed by atoms with Crippen molar-refractivity contribution in [3.05, 3.63) is 59.7 Å². The lowest BCUT2D eigenvalue weighted by Gasteiger charge is -2.30. The van der Waals surface area contributed by atoms with Gasteiger partial charge < -0.3 is 69.7 Å². The van der Waals surface area contributed by atoms with Gasteiger partial charge in [-0.2, -0.15) is 0 Å². The molecule has 0 aliphatic carbocycles. The zero-order valence-corrected chi connectivity index (χ0v) is 37.3. The number of benzene rings is 2. The van der Waals surface area contributed by atoms with Gasteiger partial charge in [0.15, 0.2) is 11.6 Å². The molecule has 3 unspecified atom stereocenters. The highest BCUT2D eigenvalue weighted by molar-refractivity contribution is 5.68. The molecule has 6 N–H and O–H groups in total. The standard InChI is InChI=1S/C46H64N10O8/c1-30-43(53-44(54-46(30)56-11-17-61-18-12-56)31-5-4-6-38(20-31)62-28-36(57)25-47-2)50-35-23-40(64-27-35)32-19-33(22-39(21-32)63-29-37(58)26-48-3)45-51-41(49-34-7-13-59-14-8-34)24-42(52-45)55-9-15-60-16-10-55/h4-6,19-22,24,34-37,40,47-48,57-58H,7-18,23,25-29H2,1-3H3,(H,49,51,52)(H,50,53,54)/t35-,36?,37?,40?/m0/s1. The molecule has 6 heterocycles. The average molecular weight is 885 g/mol. The van der Waals surface area contributed by atoms with Crippen LogP contribution < -0.4 is 40.5 Å². The first kappa shape index (κ1) is 45.6. The molecule has 18 nitrogen and oxygen atoms in total. The highest BCUT2D eigenvalue weighted by atomic mass is 16.5. The molecule has 2 aromatic heterocycles. The van der Waals surface area contributed by atoms with Crippen LogP contribution in [0.1, 0.15) is 36.5 Å². The van der Waals surface area contributed by atoms with E-state index in [4.69, 9.17) is 48.4 Å². The Balaban J connectivity index is 1.07. The summed E-state index contributed by atoms with van der Waals surface area (Å²) in [5.74, 6) is 5.52. The predicted molar refractivity (Wildman–Crippen MR) is 245 cm³/mol. The van der Waals surface area contributed by atoms with Crippen LogP contribution in [0.3, 0.4) is 0 Å². The first-order valence-electron chi connectivity index (χ1n) is 22.6. The molecule has 2 aromatic carbocycles. The number of nitrogens with one attached hydrogen (secondary N) is 4. The van der Waals surface area contributed by atoms with Gasteiger partial charge in [-0.1, -0.05) is 12.1 Å². The molecule has 4 fully saturated rings. The van der Waals surface area contributed by atoms with Gasteiger partial charge in [0.05, 0.1) is 45.2 Å². The molecule has 4 aliphatic heterocycles. The van der Waals surface area contributed by atoms with Crippen LogP contribution in [-0.2, 0) is 18.9 Å². The van der Waals surface area contributed by atoms with Crippen molar-refractivity contribution in [2.45, 2.75) is 56.6 Å². The maximum Gasteiger partial charge on any atom is 0.164 e. The van der Waals surface area contributed by atoms with Gasteiger partial charge in [0.25, 0.3) is 0 Å². The van der Waals surface area contributed by atoms with Crippen molar-refractivity contribution in [3.8, 4) is 34.3 Å². The lowest BCUT2D eigenvalue weighted by molar-refractivity contribution is 0.0904. The summed E-state index contributed by atoms with van der Waals surface area (Å²) < 4.78 is 35.8. The van der Waals surface area contributed by atoms with E-state index in [0.29, 0.717) is 88.9 Å². The van der Waals surface area contributed by atoms with Gasteiger partial charge in [-0.15, -0.1) is 0 Å². The fraction of sp³-hybridized carbons (Fsp3) is 0.565. The first-order valence-corrected chi connectivity index (χ1v) is 22.6. The van der Waals surface area contributed by atoms with Crippen LogP contribution in [0.4, 0.5) is 23.3 Å². The van der Waals surface area contributed by atoms with Gasteiger partial charge in [-0.3, -0.25) is 0 Å². The number of aliphatic hydroxyl groups excluding tert-OH is 2. The molecule has 8 rings (SSSR count). The molecule has 18 heteroatoms. The number of anilines is 4. The smallest absolute Gasteiger partial charge is 0.164 e. The Morgan fingerprint density at radius 2 is 1.36 bits per heavy atom. The van der Waals surface area contributed by atoms with Gasteiger partial charge in [0.1, 0.15) is 60.2 Å². The zero-order chi connectivity index (χ0) is 44.3. The van der Waals surface area contributed by atoms with Crippen LogP contribution >= 0.6 is 0 Å². The van der Waals surface area contributed by atoms with Crippen molar-refractivity contribution >= 4 is 23.3 Å². The van der Waals surface area contributed by atoms with Crippen molar-refractivity contribution in [1.82, 2.24) is 30.6 Å². The molecule has 64 heavy (non-hydrogen) atoms. The van der Waals surface area contributed by atoms with Crippen molar-refractivity contribution in [2.24, 2.45) is 0 Å². The number of aliphatic hydroxyl groups is 2. The Morgan fingerprint density at radius 1 is 0.703 bits per heavy atom. The number of rotatable bonds is 19. The highest BCUT2D eigenvalue weighted by Crippen LogP contribution is 2.37. The van der Waals surface area contributed by atoms with Crippen molar-refractivity contribution < 1.29 is 38.6 Å². The molecule has 346 valence electrons. The number of ether oxygens (including phenoxy) is 6. The van der Waals surface area contributed by atoms with Crippen molar-refractivity contribution in [3.63, 3.8) is 0 Å². The molecule has 4 aliphatic rings. The Labute approximate surface area is 375 Å². The third-order valence-electron chi connectivity index (χ3n) is 11.8. The maximum atomic E-state index is 10.6. The Kier molecular flexibility index (Phi) is 15.9. The zero-order valence-electron chi connectivity index (χ0n) is 37.3. The van der Waals surface area contributed by atoms with Gasteiger partial charge in [-0.25, -0.2) is 19.9 Å². The van der Waals surface area contributed by atoms with Crippen LogP contribution in [0, 0.1) is 6.92 Å². The van der Waals surface area contributed by atoms with Crippen molar-refractivity contribution in [1.29, 1.82) is 0 Å². The maximum absolute atomic E-state index is 10.6. The fourth-order valence-corrected chi connectivity index (χ4v) is 8.37. The van der Waals surface area contributed by atoms with E-state index in [-0.39, 0.29) is 31.4 Å². The topological polar surface area (TPSA) is 202 Å². The van der Waals surface area contributed by atoms with Gasteiger partial charge in [0.2, 0.25) is 0 Å². The molecular weight excluding hydrogens is 821 g/mol. The summed E-state index contributed by atoms with van der Waals surface area (Å²) in [6, 6.07) is 15.9. The second-order valence-electron chi connectivity index (χ2n) is 16.8. The summed E-state index contributed by atoms with van der Waals surface area (Å²) >= 11 is 0. The lowest BCUT2D eigenvalue weighted by Crippen LogP contribution is -2.37. The summed E-state index contributed by atoms with van der Waals surface area (Å²) in [6.07, 6.45) is 0.842. The van der Waals surface area contributed by atoms with E-state index in [9.17, 15) is 10.2 Å². The number of aromatic nitrogens is 4. The minimum absolute atomic E-state index is 0.0750. The molecule has 4 saturated heterocycles. The Morgan fingerprint density at radius 3 is 2.08 bits per heavy atom. The summed E-state index contributed by atoms with van der Waals surface area (Å²) in [4.78, 5) is 24.9. The van der Waals surface area contributed by atoms with Gasteiger partial charge in [0, 0.05) is 87.7 Å². The van der Waals surface area contributed by atoms with Crippen LogP contribution in [0.15, 0.2) is 48.5 Å². The van der Waals surface area contributed by atoms with E-state index < -0.39 is 12.2 Å². The van der Waals surface area contributed by atoms with E-state index in [1.807, 2.05) is 42.5 Å². The van der Waals surface area contributed by atoms with Gasteiger partial charge >= 0.3 is 0 Å². The quantitative estimate of drug-likeness (QED) is 0.0802. The molecular formula is C46H64N10O8. The van der Waals surface area contributed by atoms with Crippen LogP contribution in [0.2, 0.25) is 0 Å². The van der Waals surface area contributed by atoms with Crippen LogP contribution in [0.25, 0.3) is 22.8 Å². The van der Waals surface area contributed by atoms with E-state index in [0.717, 1.165) is 84.5 Å². The predicted octanol–water partition coefficient (Wildman–Crippen LogP) is 3.03. The molecule has 0 amide bonds. The highest BCUT2D eigenvalue weighted by Gasteiger charge is 2.30. The first-order chi connectivity index (χ1) is 31.3. The number of hydrogen-bond donors (Lipinski definition) is 6. The fourth-order valence-electron chi connectivity index (χ4n) is 8.37. The lowest BCUT2D eigenvalue weighted by atomic mass is 10.0. The van der Waals surface area contributed by atoms with E-state index in [2.05, 4.69) is 44.1 Å². The van der Waals surface area contributed by atoms with E-state index in [1.54, 1.807) is 14.1 Å². The second-order valence-corrected chi connectivity index (χ2v) is 16.8. The Hall–Kier alpha value is -4.92. The summed E-state index contributed by atoms with van der Waals surface area (Å²) in [6.45, 7) is 10.4. The number of hydrogen-bond acceptors (Lipinski definition) is 18. The van der Waals surface area contributed by atoms with E-state index in [1.165, 1.54) is 0 Å². The molecule has 0 spiro atoms. The summed E-state index contributed by atoms with van der Waals surface area (Å²) in [7, 11) is 3.60. The third kappa shape index (κ3) is 12.0. The monoisotopic (exact) mass is 884 g/mol. The molecule has 4 aromatic rings.